The smallest absolute Gasteiger partial charge is 0.191 e. The molecule has 0 aliphatic carbocycles. The lowest BCUT2D eigenvalue weighted by molar-refractivity contribution is 0.477. The van der Waals surface area contributed by atoms with Crippen molar-refractivity contribution in [2.75, 3.05) is 25.9 Å². The van der Waals surface area contributed by atoms with Gasteiger partial charge in [-0.15, -0.1) is 34.2 Å². The summed E-state index contributed by atoms with van der Waals surface area (Å²) in [6.07, 6.45) is 5.06. The fraction of sp³-hybridized carbons (Fsp3) is 0.812. The van der Waals surface area contributed by atoms with Crippen LogP contribution in [0.4, 0.5) is 0 Å². The second-order valence-corrected chi connectivity index (χ2v) is 6.67. The lowest BCUT2D eigenvalue weighted by atomic mass is 10.2. The van der Waals surface area contributed by atoms with Gasteiger partial charge in [-0.05, 0) is 31.9 Å². The van der Waals surface area contributed by atoms with Gasteiger partial charge in [0.25, 0.3) is 0 Å². The molecule has 0 unspecified atom stereocenters. The molecule has 0 atom stereocenters. The fourth-order valence-electron chi connectivity index (χ4n) is 2.22. The number of halogens is 1. The number of hydrogen-bond donors (Lipinski definition) is 2. The molecule has 0 amide bonds. The van der Waals surface area contributed by atoms with Crippen molar-refractivity contribution >= 4 is 41.7 Å². The Morgan fingerprint density at radius 1 is 1.25 bits per heavy atom. The van der Waals surface area contributed by atoms with Gasteiger partial charge >= 0.3 is 0 Å². The van der Waals surface area contributed by atoms with Gasteiger partial charge < -0.3 is 15.2 Å². The molecule has 1 aromatic rings. The average Bonchev–Trinajstić information content (AvgIpc) is 2.90. The van der Waals surface area contributed by atoms with Crippen molar-refractivity contribution < 1.29 is 0 Å². The van der Waals surface area contributed by atoms with E-state index in [1.807, 2.05) is 0 Å². The zero-order valence-corrected chi connectivity index (χ0v) is 18.8. The van der Waals surface area contributed by atoms with E-state index in [0.29, 0.717) is 5.92 Å². The van der Waals surface area contributed by atoms with E-state index in [2.05, 4.69) is 64.3 Å². The molecule has 6 nitrogen and oxygen atoms in total. The predicted molar refractivity (Wildman–Crippen MR) is 115 cm³/mol. The average molecular weight is 468 g/mol. The number of aryl methyl sites for hydroxylation is 1. The Balaban J connectivity index is 0.00000529. The van der Waals surface area contributed by atoms with Gasteiger partial charge in [0.2, 0.25) is 0 Å². The number of nitrogens with one attached hydrogen (secondary N) is 2. The molecule has 2 N–H and O–H groups in total. The van der Waals surface area contributed by atoms with Crippen molar-refractivity contribution in [1.82, 2.24) is 25.4 Å². The maximum Gasteiger partial charge on any atom is 0.191 e. The van der Waals surface area contributed by atoms with Gasteiger partial charge in [0.05, 0.1) is 0 Å². The van der Waals surface area contributed by atoms with Crippen LogP contribution >= 0.6 is 35.7 Å². The molecule has 0 bridgehead atoms. The van der Waals surface area contributed by atoms with E-state index in [1.54, 1.807) is 11.8 Å². The summed E-state index contributed by atoms with van der Waals surface area (Å²) in [4.78, 5) is 4.51. The summed E-state index contributed by atoms with van der Waals surface area (Å²) < 4.78 is 2.26. The van der Waals surface area contributed by atoms with E-state index in [1.165, 1.54) is 0 Å². The minimum Gasteiger partial charge on any atom is -0.357 e. The normalized spacial score (nSPS) is 11.5. The Morgan fingerprint density at radius 2 is 2.00 bits per heavy atom. The van der Waals surface area contributed by atoms with Crippen LogP contribution in [0.3, 0.4) is 0 Å². The van der Waals surface area contributed by atoms with Gasteiger partial charge in [0.1, 0.15) is 5.82 Å². The van der Waals surface area contributed by atoms with Crippen LogP contribution in [0.5, 0.6) is 0 Å². The summed E-state index contributed by atoms with van der Waals surface area (Å²) >= 11 is 1.66. The van der Waals surface area contributed by atoms with Gasteiger partial charge in [-0.3, -0.25) is 4.99 Å². The molecule has 1 heterocycles. The minimum absolute atomic E-state index is 0. The highest BCUT2D eigenvalue weighted by molar-refractivity contribution is 14.0. The number of aromatic nitrogens is 3. The molecule has 0 spiro atoms. The van der Waals surface area contributed by atoms with E-state index in [0.717, 1.165) is 62.4 Å². The molecule has 1 aromatic heterocycles. The number of thioether (sulfide) groups is 1. The standard InChI is InChI=1S/C16H32N6S.HI/c1-6-10-18-15(17-7-2)19-11-8-9-14-20-21-16(23-5)22(14)12-13(3)4;/h13H,6-12H2,1-5H3,(H2,17,18,19);1H. The number of rotatable bonds is 10. The highest BCUT2D eigenvalue weighted by Gasteiger charge is 2.12. The van der Waals surface area contributed by atoms with Crippen LogP contribution in [0.1, 0.15) is 46.4 Å². The van der Waals surface area contributed by atoms with Crippen molar-refractivity contribution in [3.05, 3.63) is 5.82 Å². The number of hydrogen-bond acceptors (Lipinski definition) is 4. The van der Waals surface area contributed by atoms with Crippen LogP contribution in [0, 0.1) is 5.92 Å². The van der Waals surface area contributed by atoms with Crippen molar-refractivity contribution in [3.8, 4) is 0 Å². The summed E-state index contributed by atoms with van der Waals surface area (Å²) in [5.41, 5.74) is 0. The summed E-state index contributed by atoms with van der Waals surface area (Å²) in [6.45, 7) is 12.3. The Bertz CT molecular complexity index is 475. The van der Waals surface area contributed by atoms with Gasteiger partial charge in [0.15, 0.2) is 11.1 Å². The third-order valence-corrected chi connectivity index (χ3v) is 3.90. The molecule has 140 valence electrons. The van der Waals surface area contributed by atoms with Crippen LogP contribution in [-0.2, 0) is 13.0 Å². The molecule has 0 aliphatic rings. The zero-order valence-electron chi connectivity index (χ0n) is 15.6. The second kappa shape index (κ2) is 13.7. The molecule has 8 heteroatoms. The third kappa shape index (κ3) is 8.55. The summed E-state index contributed by atoms with van der Waals surface area (Å²) in [7, 11) is 0. The maximum absolute atomic E-state index is 4.51. The molecular weight excluding hydrogens is 435 g/mol. The van der Waals surface area contributed by atoms with Crippen molar-refractivity contribution in [3.63, 3.8) is 0 Å². The molecule has 0 aromatic carbocycles. The topological polar surface area (TPSA) is 67.1 Å². The number of nitrogens with zero attached hydrogens (tertiary/aromatic N) is 4. The highest BCUT2D eigenvalue weighted by atomic mass is 127. The van der Waals surface area contributed by atoms with E-state index >= 15 is 0 Å². The summed E-state index contributed by atoms with van der Waals surface area (Å²) in [6, 6.07) is 0. The fourth-order valence-corrected chi connectivity index (χ4v) is 2.74. The maximum atomic E-state index is 4.51. The van der Waals surface area contributed by atoms with E-state index in [-0.39, 0.29) is 24.0 Å². The van der Waals surface area contributed by atoms with Crippen molar-refractivity contribution in [1.29, 1.82) is 0 Å². The Kier molecular flexibility index (Phi) is 13.5. The Hall–Kier alpha value is -0.510. The number of guanidine groups is 1. The summed E-state index contributed by atoms with van der Waals surface area (Å²) in [5.74, 6) is 2.58. The molecule has 0 radical (unpaired) electrons. The first-order valence-electron chi connectivity index (χ1n) is 8.60. The van der Waals surface area contributed by atoms with Crippen LogP contribution in [-0.4, -0.2) is 46.6 Å². The van der Waals surface area contributed by atoms with Gasteiger partial charge in [-0.2, -0.15) is 0 Å². The summed E-state index contributed by atoms with van der Waals surface area (Å²) in [5, 5.41) is 16.3. The molecule has 0 saturated heterocycles. The first kappa shape index (κ1) is 23.5. The molecule has 0 saturated carbocycles. The van der Waals surface area contributed by atoms with Crippen molar-refractivity contribution in [2.24, 2.45) is 10.9 Å². The monoisotopic (exact) mass is 468 g/mol. The first-order chi connectivity index (χ1) is 11.1. The van der Waals surface area contributed by atoms with Gasteiger partial charge in [-0.1, -0.05) is 32.5 Å². The minimum atomic E-state index is 0. The molecule has 24 heavy (non-hydrogen) atoms. The third-order valence-electron chi connectivity index (χ3n) is 3.23. The van der Waals surface area contributed by atoms with E-state index < -0.39 is 0 Å². The largest absolute Gasteiger partial charge is 0.357 e. The second-order valence-electron chi connectivity index (χ2n) is 5.90. The van der Waals surface area contributed by atoms with E-state index in [4.69, 9.17) is 0 Å². The van der Waals surface area contributed by atoms with Gasteiger partial charge in [0, 0.05) is 32.6 Å². The van der Waals surface area contributed by atoms with E-state index in [9.17, 15) is 0 Å². The first-order valence-corrected chi connectivity index (χ1v) is 9.83. The lowest BCUT2D eigenvalue weighted by Gasteiger charge is -2.13. The van der Waals surface area contributed by atoms with Crippen LogP contribution in [0.25, 0.3) is 0 Å². The molecule has 0 aliphatic heterocycles. The molecule has 0 fully saturated rings. The van der Waals surface area contributed by atoms with Crippen LogP contribution in [0.15, 0.2) is 10.1 Å². The zero-order chi connectivity index (χ0) is 17.1. The molecule has 1 rings (SSSR count). The van der Waals surface area contributed by atoms with Gasteiger partial charge in [-0.25, -0.2) is 0 Å². The van der Waals surface area contributed by atoms with Crippen LogP contribution < -0.4 is 10.6 Å². The number of aliphatic imine (C=N–C) groups is 1. The predicted octanol–water partition coefficient (Wildman–Crippen LogP) is 3.17. The SMILES string of the molecule is CCCN=C(NCC)NCCCc1nnc(SC)n1CC(C)C.I. The van der Waals surface area contributed by atoms with Crippen LogP contribution in [0.2, 0.25) is 0 Å². The molecular formula is C16H33IN6S. The highest BCUT2D eigenvalue weighted by Crippen LogP contribution is 2.16. The Labute approximate surface area is 168 Å². The Morgan fingerprint density at radius 3 is 2.58 bits per heavy atom. The lowest BCUT2D eigenvalue weighted by Crippen LogP contribution is -2.38. The quantitative estimate of drug-likeness (QED) is 0.182. The van der Waals surface area contributed by atoms with Crippen molar-refractivity contribution in [2.45, 2.75) is 58.7 Å².